The SMILES string of the molecule is CC(C)(C)OC(=O)NCCCN1CCC(NC(=O)c2cc(-c3c(O)cc(O)cc3Oc3ccc([N+](=O)[O-])cc3)on2)CC1. The van der Waals surface area contributed by atoms with Gasteiger partial charge in [-0.15, -0.1) is 0 Å². The molecule has 0 spiro atoms. The summed E-state index contributed by atoms with van der Waals surface area (Å²) in [6, 6.07) is 8.86. The van der Waals surface area contributed by atoms with Crippen LogP contribution in [0.3, 0.4) is 0 Å². The zero-order valence-corrected chi connectivity index (χ0v) is 24.2. The van der Waals surface area contributed by atoms with E-state index in [1.54, 1.807) is 0 Å². The predicted octanol–water partition coefficient (Wildman–Crippen LogP) is 4.56. The summed E-state index contributed by atoms with van der Waals surface area (Å²) in [4.78, 5) is 37.3. The molecule has 3 aromatic rings. The quantitative estimate of drug-likeness (QED) is 0.146. The summed E-state index contributed by atoms with van der Waals surface area (Å²) in [6.07, 6.45) is 1.82. The van der Waals surface area contributed by atoms with Crippen LogP contribution in [-0.4, -0.2) is 75.0 Å². The van der Waals surface area contributed by atoms with Crippen LogP contribution in [0.5, 0.6) is 23.0 Å². The van der Waals surface area contributed by atoms with E-state index in [9.17, 15) is 29.9 Å². The molecule has 0 saturated carbocycles. The Morgan fingerprint density at radius 2 is 1.84 bits per heavy atom. The molecule has 1 aromatic heterocycles. The maximum absolute atomic E-state index is 12.9. The number of nitrogens with one attached hydrogen (secondary N) is 2. The monoisotopic (exact) mass is 597 g/mol. The van der Waals surface area contributed by atoms with Crippen molar-refractivity contribution in [1.29, 1.82) is 0 Å². The number of aromatic hydroxyl groups is 2. The van der Waals surface area contributed by atoms with Gasteiger partial charge in [0.15, 0.2) is 11.5 Å². The maximum atomic E-state index is 12.9. The van der Waals surface area contributed by atoms with Gasteiger partial charge in [-0.2, -0.15) is 0 Å². The van der Waals surface area contributed by atoms with Crippen LogP contribution in [0.15, 0.2) is 47.0 Å². The average Bonchev–Trinajstić information content (AvgIpc) is 3.41. The molecule has 0 bridgehead atoms. The largest absolute Gasteiger partial charge is 0.508 e. The Balaban J connectivity index is 1.31. The fraction of sp³-hybridized carbons (Fsp3) is 0.414. The third-order valence-corrected chi connectivity index (χ3v) is 6.57. The van der Waals surface area contributed by atoms with Gasteiger partial charge in [-0.3, -0.25) is 14.9 Å². The summed E-state index contributed by atoms with van der Waals surface area (Å²) in [6.45, 7) is 8.33. The Morgan fingerprint density at radius 1 is 1.14 bits per heavy atom. The smallest absolute Gasteiger partial charge is 0.407 e. The number of phenolic OH excluding ortho intramolecular Hbond substituents is 2. The highest BCUT2D eigenvalue weighted by Gasteiger charge is 2.25. The van der Waals surface area contributed by atoms with Crippen LogP contribution in [0.1, 0.15) is 50.5 Å². The number of hydrogen-bond acceptors (Lipinski definition) is 11. The van der Waals surface area contributed by atoms with E-state index in [1.807, 2.05) is 20.8 Å². The third-order valence-electron chi connectivity index (χ3n) is 6.57. The van der Waals surface area contributed by atoms with Crippen LogP contribution < -0.4 is 15.4 Å². The molecule has 1 aliphatic heterocycles. The Hall–Kier alpha value is -4.85. The molecule has 230 valence electrons. The minimum atomic E-state index is -0.547. The lowest BCUT2D eigenvalue weighted by Crippen LogP contribution is -2.45. The molecule has 4 N–H and O–H groups in total. The molecule has 1 fully saturated rings. The van der Waals surface area contributed by atoms with E-state index in [0.29, 0.717) is 6.54 Å². The van der Waals surface area contributed by atoms with Crippen molar-refractivity contribution in [2.75, 3.05) is 26.2 Å². The number of nitro benzene ring substituents is 1. The number of piperidine rings is 1. The number of alkyl carbamates (subject to hydrolysis) is 1. The summed E-state index contributed by atoms with van der Waals surface area (Å²) in [7, 11) is 0. The Labute approximate surface area is 247 Å². The second kappa shape index (κ2) is 13.4. The van der Waals surface area contributed by atoms with Gasteiger partial charge < -0.3 is 39.7 Å². The van der Waals surface area contributed by atoms with E-state index in [-0.39, 0.29) is 51.7 Å². The lowest BCUT2D eigenvalue weighted by molar-refractivity contribution is -0.384. The topological polar surface area (TPSA) is 190 Å². The van der Waals surface area contributed by atoms with Crippen molar-refractivity contribution in [3.8, 4) is 34.3 Å². The van der Waals surface area contributed by atoms with E-state index in [4.69, 9.17) is 14.0 Å². The number of carbonyl (C=O) groups is 2. The minimum Gasteiger partial charge on any atom is -0.508 e. The number of phenols is 2. The van der Waals surface area contributed by atoms with E-state index in [2.05, 4.69) is 20.7 Å². The first kappa shape index (κ1) is 31.1. The van der Waals surface area contributed by atoms with Gasteiger partial charge in [0.1, 0.15) is 34.2 Å². The summed E-state index contributed by atoms with van der Waals surface area (Å²) < 4.78 is 16.4. The highest BCUT2D eigenvalue weighted by molar-refractivity contribution is 5.93. The summed E-state index contributed by atoms with van der Waals surface area (Å²) in [5.74, 6) is -0.890. The van der Waals surface area contributed by atoms with Gasteiger partial charge in [-0.05, 0) is 58.7 Å². The Morgan fingerprint density at radius 3 is 2.49 bits per heavy atom. The standard InChI is InChI=1S/C29H35N5O9/c1-29(2,3)42-28(38)30-11-4-12-33-13-9-18(10-14-33)31-27(37)22-17-25(43-32-22)26-23(36)15-20(35)16-24(26)41-21-7-5-19(6-8-21)34(39)40/h5-8,15-18,35-36H,4,9-14H2,1-3H3,(H,30,38)(H,31,37). The fourth-order valence-corrected chi connectivity index (χ4v) is 4.55. The second-order valence-electron chi connectivity index (χ2n) is 11.1. The lowest BCUT2D eigenvalue weighted by Gasteiger charge is -2.32. The van der Waals surface area contributed by atoms with Gasteiger partial charge >= 0.3 is 6.09 Å². The highest BCUT2D eigenvalue weighted by atomic mass is 16.6. The summed E-state index contributed by atoms with van der Waals surface area (Å²) >= 11 is 0. The number of likely N-dealkylation sites (tertiary alicyclic amines) is 1. The van der Waals surface area contributed by atoms with E-state index in [1.165, 1.54) is 36.4 Å². The van der Waals surface area contributed by atoms with Crippen LogP contribution in [-0.2, 0) is 4.74 Å². The number of aromatic nitrogens is 1. The lowest BCUT2D eigenvalue weighted by atomic mass is 10.0. The molecule has 14 nitrogen and oxygen atoms in total. The molecule has 0 atom stereocenters. The van der Waals surface area contributed by atoms with Gasteiger partial charge in [-0.25, -0.2) is 4.79 Å². The van der Waals surface area contributed by atoms with Crippen molar-refractivity contribution in [3.05, 3.63) is 58.3 Å². The Kier molecular flexibility index (Phi) is 9.70. The zero-order valence-electron chi connectivity index (χ0n) is 24.2. The molecule has 43 heavy (non-hydrogen) atoms. The van der Waals surface area contributed by atoms with Crippen LogP contribution in [0, 0.1) is 10.1 Å². The van der Waals surface area contributed by atoms with Crippen molar-refractivity contribution in [3.63, 3.8) is 0 Å². The third kappa shape index (κ3) is 8.82. The number of ether oxygens (including phenoxy) is 2. The normalized spacial score (nSPS) is 14.2. The molecular formula is C29H35N5O9. The first-order valence-corrected chi connectivity index (χ1v) is 13.8. The van der Waals surface area contributed by atoms with E-state index >= 15 is 0 Å². The molecule has 2 heterocycles. The number of benzene rings is 2. The number of nitrogens with zero attached hydrogens (tertiary/aromatic N) is 3. The fourth-order valence-electron chi connectivity index (χ4n) is 4.55. The number of carbonyl (C=O) groups excluding carboxylic acids is 2. The Bertz CT molecular complexity index is 1440. The van der Waals surface area contributed by atoms with Gasteiger partial charge in [0, 0.05) is 56.0 Å². The molecular weight excluding hydrogens is 562 g/mol. The molecule has 1 saturated heterocycles. The number of amides is 2. The van der Waals surface area contributed by atoms with Gasteiger partial charge in [0.25, 0.3) is 11.6 Å². The van der Waals surface area contributed by atoms with Crippen molar-refractivity contribution >= 4 is 17.7 Å². The van der Waals surface area contributed by atoms with Crippen LogP contribution >= 0.6 is 0 Å². The highest BCUT2D eigenvalue weighted by Crippen LogP contribution is 2.43. The predicted molar refractivity (Wildman–Crippen MR) is 154 cm³/mol. The first-order chi connectivity index (χ1) is 20.4. The number of nitro groups is 1. The summed E-state index contributed by atoms with van der Waals surface area (Å²) in [5, 5.41) is 41.1. The van der Waals surface area contributed by atoms with Crippen LogP contribution in [0.25, 0.3) is 11.3 Å². The molecule has 2 amide bonds. The minimum absolute atomic E-state index is 0.000548. The van der Waals surface area contributed by atoms with Gasteiger partial charge in [-0.1, -0.05) is 5.16 Å². The number of hydrogen-bond donors (Lipinski definition) is 4. The molecule has 0 radical (unpaired) electrons. The second-order valence-corrected chi connectivity index (χ2v) is 11.1. The van der Waals surface area contributed by atoms with Crippen molar-refractivity contribution in [2.45, 2.75) is 51.7 Å². The van der Waals surface area contributed by atoms with Crippen LogP contribution in [0.2, 0.25) is 0 Å². The zero-order chi connectivity index (χ0) is 31.1. The molecule has 2 aromatic carbocycles. The molecule has 0 aliphatic carbocycles. The maximum Gasteiger partial charge on any atom is 0.407 e. The number of non-ortho nitro benzene ring substituents is 1. The number of rotatable bonds is 10. The van der Waals surface area contributed by atoms with Crippen molar-refractivity contribution in [1.82, 2.24) is 20.7 Å². The first-order valence-electron chi connectivity index (χ1n) is 13.8. The van der Waals surface area contributed by atoms with Gasteiger partial charge in [0.05, 0.1) is 4.92 Å². The summed E-state index contributed by atoms with van der Waals surface area (Å²) in [5.41, 5.74) is -0.627. The van der Waals surface area contributed by atoms with Crippen LogP contribution in [0.4, 0.5) is 10.5 Å². The van der Waals surface area contributed by atoms with Crippen molar-refractivity contribution in [2.24, 2.45) is 0 Å². The van der Waals surface area contributed by atoms with E-state index < -0.39 is 22.5 Å². The average molecular weight is 598 g/mol. The van der Waals surface area contributed by atoms with Gasteiger partial charge in [0.2, 0.25) is 0 Å². The molecule has 4 rings (SSSR count). The van der Waals surface area contributed by atoms with E-state index in [0.717, 1.165) is 45.0 Å². The van der Waals surface area contributed by atoms with Crippen molar-refractivity contribution < 1.29 is 38.7 Å². The molecule has 0 unspecified atom stereocenters. The molecule has 14 heteroatoms. The molecule has 1 aliphatic rings.